The van der Waals surface area contributed by atoms with Crippen LogP contribution in [-0.2, 0) is 13.8 Å². The fourth-order valence-corrected chi connectivity index (χ4v) is 3.55. The van der Waals surface area contributed by atoms with E-state index >= 15 is 0 Å². The fraction of sp³-hybridized carbons (Fsp3) is 0.462. The van der Waals surface area contributed by atoms with E-state index in [9.17, 15) is 10.00 Å². The van der Waals surface area contributed by atoms with Crippen LogP contribution in [0.4, 0.5) is 0 Å². The second kappa shape index (κ2) is 7.06. The van der Waals surface area contributed by atoms with E-state index in [0.717, 1.165) is 0 Å². The van der Waals surface area contributed by atoms with Crippen molar-refractivity contribution in [2.24, 2.45) is 0 Å². The van der Waals surface area contributed by atoms with Crippen molar-refractivity contribution in [3.05, 3.63) is 28.5 Å². The van der Waals surface area contributed by atoms with Crippen LogP contribution >= 0.6 is 31.0 Å². The van der Waals surface area contributed by atoms with Crippen molar-refractivity contribution in [3.63, 3.8) is 0 Å². The van der Waals surface area contributed by atoms with Gasteiger partial charge in [0.2, 0.25) is 0 Å². The summed E-state index contributed by atoms with van der Waals surface area (Å²) >= 11 is 12.1. The van der Waals surface area contributed by atoms with Gasteiger partial charge >= 0.3 is 150 Å². The molecule has 132 valence electrons. The number of halogens is 2. The molecule has 11 heteroatoms. The number of imidazole rings is 1. The van der Waals surface area contributed by atoms with Gasteiger partial charge in [0.1, 0.15) is 0 Å². The average molecular weight is 395 g/mol. The van der Waals surface area contributed by atoms with Crippen molar-refractivity contribution >= 4 is 49.6 Å². The molecule has 1 aromatic carbocycles. The van der Waals surface area contributed by atoms with Crippen LogP contribution in [-0.4, -0.2) is 53.0 Å². The predicted octanol–water partition coefficient (Wildman–Crippen LogP) is 1.69. The van der Waals surface area contributed by atoms with Crippen molar-refractivity contribution in [2.75, 3.05) is 13.7 Å². The summed E-state index contributed by atoms with van der Waals surface area (Å²) in [4.78, 5) is 14.1. The molecule has 7 nitrogen and oxygen atoms in total. The maximum atomic E-state index is 10.3. The molecule has 0 bridgehead atoms. The number of benzene rings is 1. The van der Waals surface area contributed by atoms with Crippen LogP contribution in [0, 0.1) is 0 Å². The number of fused-ring (bicyclic) bond motifs is 1. The SMILES string of the molecule is B[PH](O)(OC)OC[C@@H]1C[C@H](O)[C@H](n2cnc3cc(Cl)c(Cl)cc32)O1. The molecule has 1 aromatic heterocycles. The molecule has 0 amide bonds. The minimum atomic E-state index is -3.13. The Hall–Kier alpha value is -0.435. The number of hydrogen-bond donors (Lipinski definition) is 2. The van der Waals surface area contributed by atoms with Crippen LogP contribution < -0.4 is 0 Å². The summed E-state index contributed by atoms with van der Waals surface area (Å²) in [6.45, 7) is 0.139. The molecule has 1 saturated heterocycles. The summed E-state index contributed by atoms with van der Waals surface area (Å²) in [5, 5.41) is 11.2. The van der Waals surface area contributed by atoms with E-state index < -0.39 is 20.2 Å². The van der Waals surface area contributed by atoms with Gasteiger partial charge in [-0.25, -0.2) is 0 Å². The summed E-state index contributed by atoms with van der Waals surface area (Å²) in [6, 6.07) is 3.35. The van der Waals surface area contributed by atoms with E-state index in [1.165, 1.54) is 14.7 Å². The van der Waals surface area contributed by atoms with E-state index in [0.29, 0.717) is 27.5 Å². The summed E-state index contributed by atoms with van der Waals surface area (Å²) < 4.78 is 17.9. The van der Waals surface area contributed by atoms with Crippen molar-refractivity contribution in [2.45, 2.75) is 24.9 Å². The molecule has 3 atom stereocenters. The quantitative estimate of drug-likeness (QED) is 0.592. The van der Waals surface area contributed by atoms with Gasteiger partial charge in [-0.1, -0.05) is 0 Å². The molecular weight excluding hydrogens is 377 g/mol. The molecule has 1 fully saturated rings. The topological polar surface area (TPSA) is 86.0 Å². The number of nitrogens with zero attached hydrogens (tertiary/aromatic N) is 2. The summed E-state index contributed by atoms with van der Waals surface area (Å²) in [7, 11) is -0.212. The molecule has 0 spiro atoms. The second-order valence-electron chi connectivity index (χ2n) is 5.77. The number of ether oxygens (including phenoxy) is 1. The number of aromatic nitrogens is 2. The van der Waals surface area contributed by atoms with Gasteiger partial charge in [0.05, 0.1) is 0 Å². The molecule has 1 aliphatic rings. The molecule has 0 saturated carbocycles. The Bertz CT molecular complexity index is 746. The molecule has 2 aromatic rings. The van der Waals surface area contributed by atoms with Crippen LogP contribution in [0.3, 0.4) is 0 Å². The Morgan fingerprint density at radius 3 is 2.88 bits per heavy atom. The molecule has 2 heterocycles. The van der Waals surface area contributed by atoms with E-state index in [-0.39, 0.29) is 12.7 Å². The van der Waals surface area contributed by atoms with Crippen LogP contribution in [0.2, 0.25) is 10.0 Å². The molecule has 2 N–H and O–H groups in total. The van der Waals surface area contributed by atoms with Gasteiger partial charge in [0.25, 0.3) is 0 Å². The Labute approximate surface area is 150 Å². The van der Waals surface area contributed by atoms with E-state index in [4.69, 9.17) is 37.0 Å². The van der Waals surface area contributed by atoms with Gasteiger partial charge in [-0.3, -0.25) is 0 Å². The summed E-state index contributed by atoms with van der Waals surface area (Å²) in [5.74, 6) is 0. The third-order valence-corrected chi connectivity index (χ3v) is 6.15. The fourth-order valence-electron chi connectivity index (χ4n) is 2.62. The third kappa shape index (κ3) is 3.71. The Balaban J connectivity index is 1.77. The number of aliphatic hydroxyl groups is 1. The first-order valence-electron chi connectivity index (χ1n) is 7.37. The first kappa shape index (κ1) is 18.4. The van der Waals surface area contributed by atoms with Gasteiger partial charge in [0, 0.05) is 0 Å². The number of aliphatic hydroxyl groups excluding tert-OH is 1. The van der Waals surface area contributed by atoms with Crippen LogP contribution in [0.15, 0.2) is 18.5 Å². The first-order valence-corrected chi connectivity index (χ1v) is 10.4. The maximum absolute atomic E-state index is 10.3. The standard InChI is InChI=1S/C13H18BCl2N2O5P/c1-21-24(14,20)22-5-7-2-12(19)13(23-7)18-6-17-10-3-8(15)9(16)4-11(10)18/h3-4,6-7,12-13,19-20,24H,2,5,14H2,1H3/t7-,12-,13+/m0/s1. The Morgan fingerprint density at radius 1 is 1.46 bits per heavy atom. The van der Waals surface area contributed by atoms with Crippen molar-refractivity contribution in [3.8, 4) is 0 Å². The van der Waals surface area contributed by atoms with Gasteiger partial charge in [-0.15, -0.1) is 0 Å². The van der Waals surface area contributed by atoms with Crippen LogP contribution in [0.1, 0.15) is 12.6 Å². The van der Waals surface area contributed by atoms with Gasteiger partial charge < -0.3 is 0 Å². The molecule has 3 rings (SSSR count). The molecule has 1 aliphatic heterocycles. The predicted molar refractivity (Wildman–Crippen MR) is 96.3 cm³/mol. The normalized spacial score (nSPS) is 25.5. The Morgan fingerprint density at radius 2 is 2.17 bits per heavy atom. The second-order valence-corrected chi connectivity index (χ2v) is 9.08. The van der Waals surface area contributed by atoms with E-state index in [2.05, 4.69) is 4.98 Å². The first-order chi connectivity index (χ1) is 11.3. The molecular formula is C13H18BCl2N2O5P. The zero-order valence-corrected chi connectivity index (χ0v) is 15.7. The van der Waals surface area contributed by atoms with Crippen molar-refractivity contribution in [1.29, 1.82) is 0 Å². The molecule has 24 heavy (non-hydrogen) atoms. The van der Waals surface area contributed by atoms with Crippen LogP contribution in [0.25, 0.3) is 11.0 Å². The number of rotatable bonds is 5. The van der Waals surface area contributed by atoms with Crippen molar-refractivity contribution in [1.82, 2.24) is 9.55 Å². The van der Waals surface area contributed by atoms with E-state index in [1.807, 2.05) is 0 Å². The molecule has 0 unspecified atom stereocenters. The number of hydrogen-bond acceptors (Lipinski definition) is 6. The summed E-state index contributed by atoms with van der Waals surface area (Å²) in [5.41, 5.74) is 1.38. The zero-order valence-electron chi connectivity index (χ0n) is 13.1. The van der Waals surface area contributed by atoms with Gasteiger partial charge in [-0.05, 0) is 0 Å². The van der Waals surface area contributed by atoms with Gasteiger partial charge in [-0.2, -0.15) is 0 Å². The molecule has 0 aliphatic carbocycles. The van der Waals surface area contributed by atoms with Crippen LogP contribution in [0.5, 0.6) is 0 Å². The van der Waals surface area contributed by atoms with Crippen molar-refractivity contribution < 1.29 is 23.8 Å². The zero-order chi connectivity index (χ0) is 17.5. The molecule has 0 radical (unpaired) electrons. The van der Waals surface area contributed by atoms with E-state index in [1.54, 1.807) is 23.0 Å². The minimum absolute atomic E-state index is 0.139. The Kier molecular flexibility index (Phi) is 5.40. The third-order valence-electron chi connectivity index (χ3n) is 3.97. The average Bonchev–Trinajstić information content (AvgIpc) is 3.09. The monoisotopic (exact) mass is 394 g/mol. The summed E-state index contributed by atoms with van der Waals surface area (Å²) in [6.07, 6.45) is 0.239. The van der Waals surface area contributed by atoms with Gasteiger partial charge in [0.15, 0.2) is 0 Å².